The summed E-state index contributed by atoms with van der Waals surface area (Å²) in [6.45, 7) is 0.524. The number of fused-ring (bicyclic) bond motifs is 1. The van der Waals surface area contributed by atoms with E-state index in [4.69, 9.17) is 0 Å². The van der Waals surface area contributed by atoms with Gasteiger partial charge in [-0.15, -0.1) is 0 Å². The molecule has 0 N–H and O–H groups in total. The predicted octanol–water partition coefficient (Wildman–Crippen LogP) is 3.21. The summed E-state index contributed by atoms with van der Waals surface area (Å²) in [6.07, 6.45) is 3.60. The lowest BCUT2D eigenvalue weighted by molar-refractivity contribution is 0.753. The number of aromatic nitrogens is 2. The maximum atomic E-state index is 11.9. The van der Waals surface area contributed by atoms with Crippen LogP contribution in [0.25, 0.3) is 10.9 Å². The van der Waals surface area contributed by atoms with Crippen molar-refractivity contribution in [3.05, 3.63) is 75.2 Å². The lowest BCUT2D eigenvalue weighted by atomic mass is 10.1. The highest BCUT2D eigenvalue weighted by Gasteiger charge is 2.02. The van der Waals surface area contributed by atoms with E-state index in [1.807, 2.05) is 36.5 Å². The Morgan fingerprint density at radius 2 is 2.00 bits per heavy atom. The van der Waals surface area contributed by atoms with Gasteiger partial charge in [-0.1, -0.05) is 18.2 Å². The van der Waals surface area contributed by atoms with Gasteiger partial charge in [0.1, 0.15) is 0 Å². The summed E-state index contributed by atoms with van der Waals surface area (Å²) in [5.41, 5.74) is 1.95. The van der Waals surface area contributed by atoms with Crippen LogP contribution in [-0.4, -0.2) is 9.55 Å². The second-order valence-corrected chi connectivity index (χ2v) is 5.18. The molecule has 4 heteroatoms. The summed E-state index contributed by atoms with van der Waals surface area (Å²) in [4.78, 5) is 16.3. The van der Waals surface area contributed by atoms with Crippen LogP contribution in [0.3, 0.4) is 0 Å². The van der Waals surface area contributed by atoms with Gasteiger partial charge in [-0.3, -0.25) is 9.78 Å². The van der Waals surface area contributed by atoms with Gasteiger partial charge >= 0.3 is 0 Å². The molecule has 19 heavy (non-hydrogen) atoms. The van der Waals surface area contributed by atoms with Crippen LogP contribution in [0.5, 0.6) is 0 Å². The number of halogens is 1. The minimum absolute atomic E-state index is 0.0318. The van der Waals surface area contributed by atoms with Crippen LogP contribution in [0.1, 0.15) is 5.56 Å². The molecule has 0 saturated carbocycles. The number of rotatable bonds is 2. The van der Waals surface area contributed by atoms with Gasteiger partial charge in [0.25, 0.3) is 5.56 Å². The third-order valence-electron chi connectivity index (χ3n) is 2.97. The molecule has 1 aromatic carbocycles. The minimum atomic E-state index is -0.0318. The SMILES string of the molecule is O=c1c(Br)cccn1Cc1cnc2ccccc2c1. The second-order valence-electron chi connectivity index (χ2n) is 4.33. The third kappa shape index (κ3) is 2.44. The molecule has 0 radical (unpaired) electrons. The van der Waals surface area contributed by atoms with E-state index in [1.165, 1.54) is 0 Å². The molecule has 0 saturated heterocycles. The molecule has 0 aliphatic carbocycles. The molecule has 0 bridgehead atoms. The largest absolute Gasteiger partial charge is 0.310 e. The molecule has 0 amide bonds. The summed E-state index contributed by atoms with van der Waals surface area (Å²) in [7, 11) is 0. The van der Waals surface area contributed by atoms with Crippen molar-refractivity contribution in [3.8, 4) is 0 Å². The molecule has 2 heterocycles. The highest BCUT2D eigenvalue weighted by atomic mass is 79.9. The molecule has 3 aromatic rings. The Bertz CT molecular complexity index is 795. The number of hydrogen-bond acceptors (Lipinski definition) is 2. The zero-order valence-corrected chi connectivity index (χ0v) is 11.7. The van der Waals surface area contributed by atoms with Crippen molar-refractivity contribution >= 4 is 26.8 Å². The van der Waals surface area contributed by atoms with E-state index >= 15 is 0 Å². The molecule has 0 aliphatic heterocycles. The molecule has 0 fully saturated rings. The van der Waals surface area contributed by atoms with Gasteiger partial charge in [0.05, 0.1) is 16.5 Å². The van der Waals surface area contributed by atoms with Crippen molar-refractivity contribution in [2.75, 3.05) is 0 Å². The van der Waals surface area contributed by atoms with Crippen molar-refractivity contribution in [3.63, 3.8) is 0 Å². The average molecular weight is 315 g/mol. The Kier molecular flexibility index (Phi) is 3.17. The van der Waals surface area contributed by atoms with Crippen LogP contribution < -0.4 is 5.56 Å². The van der Waals surface area contributed by atoms with Gasteiger partial charge in [-0.05, 0) is 45.8 Å². The first kappa shape index (κ1) is 12.1. The zero-order chi connectivity index (χ0) is 13.2. The van der Waals surface area contributed by atoms with Crippen LogP contribution >= 0.6 is 15.9 Å². The Morgan fingerprint density at radius 3 is 2.89 bits per heavy atom. The highest BCUT2D eigenvalue weighted by Crippen LogP contribution is 2.13. The first-order valence-electron chi connectivity index (χ1n) is 5.93. The van der Waals surface area contributed by atoms with E-state index in [2.05, 4.69) is 27.0 Å². The average Bonchev–Trinajstić information content (AvgIpc) is 2.44. The standard InChI is InChI=1S/C15H11BrN2O/c16-13-5-3-7-18(15(13)19)10-11-8-12-4-1-2-6-14(12)17-9-11/h1-9H,10H2. The van der Waals surface area contributed by atoms with Crippen LogP contribution in [-0.2, 0) is 6.54 Å². The summed E-state index contributed by atoms with van der Waals surface area (Å²) < 4.78 is 2.24. The Morgan fingerprint density at radius 1 is 1.16 bits per heavy atom. The Labute approximate surface area is 118 Å². The van der Waals surface area contributed by atoms with E-state index in [1.54, 1.807) is 16.8 Å². The van der Waals surface area contributed by atoms with Crippen molar-refractivity contribution in [1.82, 2.24) is 9.55 Å². The fourth-order valence-electron chi connectivity index (χ4n) is 2.03. The number of pyridine rings is 2. The molecule has 2 aromatic heterocycles. The van der Waals surface area contributed by atoms with Crippen LogP contribution in [0.15, 0.2) is 64.1 Å². The van der Waals surface area contributed by atoms with Gasteiger partial charge in [0.15, 0.2) is 0 Å². The van der Waals surface area contributed by atoms with Gasteiger partial charge in [0, 0.05) is 17.8 Å². The predicted molar refractivity (Wildman–Crippen MR) is 79.2 cm³/mol. The van der Waals surface area contributed by atoms with E-state index < -0.39 is 0 Å². The first-order valence-corrected chi connectivity index (χ1v) is 6.72. The van der Waals surface area contributed by atoms with Crippen molar-refractivity contribution in [1.29, 1.82) is 0 Å². The van der Waals surface area contributed by atoms with Gasteiger partial charge < -0.3 is 4.57 Å². The van der Waals surface area contributed by atoms with Crippen LogP contribution in [0.4, 0.5) is 0 Å². The van der Waals surface area contributed by atoms with Crippen LogP contribution in [0.2, 0.25) is 0 Å². The van der Waals surface area contributed by atoms with Crippen molar-refractivity contribution < 1.29 is 0 Å². The van der Waals surface area contributed by atoms with Gasteiger partial charge in [0.2, 0.25) is 0 Å². The van der Waals surface area contributed by atoms with E-state index in [-0.39, 0.29) is 5.56 Å². The van der Waals surface area contributed by atoms with Crippen molar-refractivity contribution in [2.45, 2.75) is 6.54 Å². The molecular formula is C15H11BrN2O. The number of nitrogens with zero attached hydrogens (tertiary/aromatic N) is 2. The summed E-state index contributed by atoms with van der Waals surface area (Å²) >= 11 is 3.25. The maximum absolute atomic E-state index is 11.9. The fraction of sp³-hybridized carbons (Fsp3) is 0.0667. The quantitative estimate of drug-likeness (QED) is 0.728. The van der Waals surface area contributed by atoms with E-state index in [0.717, 1.165) is 16.5 Å². The molecular weight excluding hydrogens is 304 g/mol. The number of para-hydroxylation sites is 1. The topological polar surface area (TPSA) is 34.9 Å². The molecule has 0 unspecified atom stereocenters. The smallest absolute Gasteiger partial charge is 0.265 e. The fourth-order valence-corrected chi connectivity index (χ4v) is 2.41. The molecule has 94 valence electrons. The van der Waals surface area contributed by atoms with E-state index in [9.17, 15) is 4.79 Å². The summed E-state index contributed by atoms with van der Waals surface area (Å²) in [6, 6.07) is 13.6. The monoisotopic (exact) mass is 314 g/mol. The van der Waals surface area contributed by atoms with Gasteiger partial charge in [-0.25, -0.2) is 0 Å². The Hall–Kier alpha value is -1.94. The molecule has 0 atom stereocenters. The molecule has 3 nitrogen and oxygen atoms in total. The minimum Gasteiger partial charge on any atom is -0.310 e. The normalized spacial score (nSPS) is 10.8. The van der Waals surface area contributed by atoms with Gasteiger partial charge in [-0.2, -0.15) is 0 Å². The number of benzene rings is 1. The second kappa shape index (κ2) is 4.97. The molecule has 0 aliphatic rings. The highest BCUT2D eigenvalue weighted by molar-refractivity contribution is 9.10. The van der Waals surface area contributed by atoms with Crippen LogP contribution in [0, 0.1) is 0 Å². The molecule has 3 rings (SSSR count). The zero-order valence-electron chi connectivity index (χ0n) is 10.1. The Balaban J connectivity index is 2.01. The lowest BCUT2D eigenvalue weighted by Crippen LogP contribution is -2.20. The molecule has 0 spiro atoms. The van der Waals surface area contributed by atoms with Crippen molar-refractivity contribution in [2.24, 2.45) is 0 Å². The number of hydrogen-bond donors (Lipinski definition) is 0. The summed E-state index contributed by atoms with van der Waals surface area (Å²) in [5, 5.41) is 1.09. The third-order valence-corrected chi connectivity index (χ3v) is 3.58. The first-order chi connectivity index (χ1) is 9.24. The summed E-state index contributed by atoms with van der Waals surface area (Å²) in [5.74, 6) is 0. The maximum Gasteiger partial charge on any atom is 0.265 e. The lowest BCUT2D eigenvalue weighted by Gasteiger charge is -2.06. The van der Waals surface area contributed by atoms with E-state index in [0.29, 0.717) is 11.0 Å².